The number of aromatic amines is 1. The van der Waals surface area contributed by atoms with Gasteiger partial charge in [0.1, 0.15) is 12.7 Å². The van der Waals surface area contributed by atoms with Crippen molar-refractivity contribution in [3.8, 4) is 28.7 Å². The number of nitrogens with one attached hydrogen (secondary N) is 2. The summed E-state index contributed by atoms with van der Waals surface area (Å²) in [6.07, 6.45) is 5.24. The molecule has 1 saturated heterocycles. The van der Waals surface area contributed by atoms with Gasteiger partial charge in [-0.1, -0.05) is 6.07 Å². The number of aromatic nitrogens is 2. The van der Waals surface area contributed by atoms with E-state index in [4.69, 9.17) is 14.2 Å². The van der Waals surface area contributed by atoms with Crippen molar-refractivity contribution in [2.75, 3.05) is 51.9 Å². The number of fused-ring (bicyclic) bond motifs is 1. The number of methoxy groups -OCH3 is 1. The molecular weight excluding hydrogens is 442 g/mol. The Kier molecular flexibility index (Phi) is 6.80. The maximum Gasteiger partial charge on any atom is 0.161 e. The zero-order valence-electron chi connectivity index (χ0n) is 19.6. The van der Waals surface area contributed by atoms with Gasteiger partial charge in [0.05, 0.1) is 31.6 Å². The molecular formula is C27H27N5O3. The highest BCUT2D eigenvalue weighted by molar-refractivity contribution is 5.88. The van der Waals surface area contributed by atoms with Gasteiger partial charge >= 0.3 is 0 Å². The Morgan fingerprint density at radius 3 is 2.83 bits per heavy atom. The van der Waals surface area contributed by atoms with Crippen LogP contribution in [0.15, 0.2) is 61.1 Å². The average Bonchev–Trinajstić information content (AvgIpc) is 3.37. The number of benzene rings is 2. The minimum atomic E-state index is 0.460. The maximum absolute atomic E-state index is 9.79. The van der Waals surface area contributed by atoms with E-state index < -0.39 is 0 Å². The van der Waals surface area contributed by atoms with Crippen LogP contribution in [0, 0.1) is 11.3 Å². The van der Waals surface area contributed by atoms with Gasteiger partial charge in [-0.25, -0.2) is 0 Å². The van der Waals surface area contributed by atoms with Gasteiger partial charge in [0, 0.05) is 60.4 Å². The van der Waals surface area contributed by atoms with Crippen LogP contribution in [0.25, 0.3) is 22.0 Å². The SMILES string of the molecule is COc1ccc(-c2cncc(C#N)c2Nc2ccc3[nH]ccc3c2)cc1OCCN1CCOCC1. The van der Waals surface area contributed by atoms with Gasteiger partial charge < -0.3 is 24.5 Å². The fourth-order valence-electron chi connectivity index (χ4n) is 4.24. The third-order valence-corrected chi connectivity index (χ3v) is 6.13. The Hall–Kier alpha value is -4.06. The first-order valence-corrected chi connectivity index (χ1v) is 11.6. The number of rotatable bonds is 8. The predicted octanol–water partition coefficient (Wildman–Crippen LogP) is 4.56. The molecule has 1 aliphatic heterocycles. The lowest BCUT2D eigenvalue weighted by Gasteiger charge is -2.26. The molecule has 0 saturated carbocycles. The first-order valence-electron chi connectivity index (χ1n) is 11.6. The third-order valence-electron chi connectivity index (χ3n) is 6.13. The summed E-state index contributed by atoms with van der Waals surface area (Å²) in [6, 6.07) is 16.1. The first-order chi connectivity index (χ1) is 17.2. The topological polar surface area (TPSA) is 95.4 Å². The van der Waals surface area contributed by atoms with E-state index in [1.807, 2.05) is 48.7 Å². The van der Waals surface area contributed by atoms with Crippen LogP contribution in [0.5, 0.6) is 11.5 Å². The zero-order valence-corrected chi connectivity index (χ0v) is 19.6. The molecule has 8 nitrogen and oxygen atoms in total. The fourth-order valence-corrected chi connectivity index (χ4v) is 4.24. The van der Waals surface area contributed by atoms with Crippen LogP contribution < -0.4 is 14.8 Å². The highest BCUT2D eigenvalue weighted by atomic mass is 16.5. The van der Waals surface area contributed by atoms with Crippen molar-refractivity contribution < 1.29 is 14.2 Å². The van der Waals surface area contributed by atoms with Crippen molar-refractivity contribution in [1.29, 1.82) is 5.26 Å². The second-order valence-electron chi connectivity index (χ2n) is 8.29. The lowest BCUT2D eigenvalue weighted by atomic mass is 10.0. The summed E-state index contributed by atoms with van der Waals surface area (Å²) < 4.78 is 17.1. The van der Waals surface area contributed by atoms with Crippen LogP contribution in [-0.4, -0.2) is 61.4 Å². The number of hydrogen-bond donors (Lipinski definition) is 2. The van der Waals surface area contributed by atoms with Crippen LogP contribution in [0.1, 0.15) is 5.56 Å². The second-order valence-corrected chi connectivity index (χ2v) is 8.29. The summed E-state index contributed by atoms with van der Waals surface area (Å²) in [5.41, 5.74) is 4.78. The smallest absolute Gasteiger partial charge is 0.161 e. The molecule has 1 aliphatic rings. The number of hydrogen-bond acceptors (Lipinski definition) is 7. The Morgan fingerprint density at radius 2 is 2.00 bits per heavy atom. The van der Waals surface area contributed by atoms with Crippen molar-refractivity contribution in [3.05, 3.63) is 66.6 Å². The monoisotopic (exact) mass is 469 g/mol. The summed E-state index contributed by atoms with van der Waals surface area (Å²) in [5, 5.41) is 14.3. The van der Waals surface area contributed by atoms with Gasteiger partial charge in [0.2, 0.25) is 0 Å². The molecule has 8 heteroatoms. The van der Waals surface area contributed by atoms with Crippen molar-refractivity contribution in [1.82, 2.24) is 14.9 Å². The summed E-state index contributed by atoms with van der Waals surface area (Å²) in [4.78, 5) is 9.84. The maximum atomic E-state index is 9.79. The van der Waals surface area contributed by atoms with E-state index in [-0.39, 0.29) is 0 Å². The number of H-pyrrole nitrogens is 1. The normalized spacial score (nSPS) is 13.9. The number of morpholine rings is 1. The molecule has 0 spiro atoms. The first kappa shape index (κ1) is 22.7. The number of nitriles is 1. The molecule has 0 bridgehead atoms. The molecule has 2 aromatic carbocycles. The van der Waals surface area contributed by atoms with Crippen molar-refractivity contribution >= 4 is 22.3 Å². The van der Waals surface area contributed by atoms with Crippen LogP contribution in [0.2, 0.25) is 0 Å². The van der Waals surface area contributed by atoms with E-state index in [0.29, 0.717) is 29.4 Å². The third kappa shape index (κ3) is 5.06. The number of anilines is 2. The molecule has 0 radical (unpaired) electrons. The number of ether oxygens (including phenoxy) is 3. The Morgan fingerprint density at radius 1 is 1.11 bits per heavy atom. The molecule has 0 amide bonds. The van der Waals surface area contributed by atoms with Gasteiger partial charge in [-0.2, -0.15) is 5.26 Å². The van der Waals surface area contributed by atoms with Crippen LogP contribution in [0.4, 0.5) is 11.4 Å². The second kappa shape index (κ2) is 10.5. The van der Waals surface area contributed by atoms with E-state index in [1.54, 1.807) is 19.5 Å². The summed E-state index contributed by atoms with van der Waals surface area (Å²) in [7, 11) is 1.63. The van der Waals surface area contributed by atoms with E-state index >= 15 is 0 Å². The average molecular weight is 470 g/mol. The summed E-state index contributed by atoms with van der Waals surface area (Å²) in [5.74, 6) is 1.31. The highest BCUT2D eigenvalue weighted by Gasteiger charge is 2.16. The molecule has 178 valence electrons. The van der Waals surface area contributed by atoms with E-state index in [9.17, 15) is 5.26 Å². The molecule has 1 fully saturated rings. The Balaban J connectivity index is 1.43. The lowest BCUT2D eigenvalue weighted by molar-refractivity contribution is 0.0321. The molecule has 0 unspecified atom stereocenters. The minimum absolute atomic E-state index is 0.460. The summed E-state index contributed by atoms with van der Waals surface area (Å²) >= 11 is 0. The quantitative estimate of drug-likeness (QED) is 0.390. The minimum Gasteiger partial charge on any atom is -0.493 e. The van der Waals surface area contributed by atoms with Crippen LogP contribution in [-0.2, 0) is 4.74 Å². The van der Waals surface area contributed by atoms with Gasteiger partial charge in [-0.3, -0.25) is 9.88 Å². The van der Waals surface area contributed by atoms with E-state index in [2.05, 4.69) is 26.3 Å². The number of pyridine rings is 1. The Bertz CT molecular complexity index is 1350. The molecule has 3 heterocycles. The van der Waals surface area contributed by atoms with Gasteiger partial charge in [0.15, 0.2) is 11.5 Å². The molecule has 0 aliphatic carbocycles. The van der Waals surface area contributed by atoms with Crippen molar-refractivity contribution in [2.24, 2.45) is 0 Å². The molecule has 2 N–H and O–H groups in total. The largest absolute Gasteiger partial charge is 0.493 e. The molecule has 0 atom stereocenters. The predicted molar refractivity (Wildman–Crippen MR) is 135 cm³/mol. The number of nitrogens with zero attached hydrogens (tertiary/aromatic N) is 3. The van der Waals surface area contributed by atoms with Crippen molar-refractivity contribution in [2.45, 2.75) is 0 Å². The molecule has 35 heavy (non-hydrogen) atoms. The fraction of sp³-hybridized carbons (Fsp3) is 0.259. The van der Waals surface area contributed by atoms with Gasteiger partial charge in [0.25, 0.3) is 0 Å². The Labute approximate surface area is 204 Å². The molecule has 4 aromatic rings. The lowest BCUT2D eigenvalue weighted by Crippen LogP contribution is -2.38. The van der Waals surface area contributed by atoms with Crippen LogP contribution in [0.3, 0.4) is 0 Å². The molecule has 5 rings (SSSR count). The zero-order chi connectivity index (χ0) is 24.0. The highest BCUT2D eigenvalue weighted by Crippen LogP contribution is 2.37. The molecule has 2 aromatic heterocycles. The van der Waals surface area contributed by atoms with Gasteiger partial charge in [-0.15, -0.1) is 0 Å². The van der Waals surface area contributed by atoms with Crippen molar-refractivity contribution in [3.63, 3.8) is 0 Å². The van der Waals surface area contributed by atoms with E-state index in [1.165, 1.54) is 0 Å². The summed E-state index contributed by atoms with van der Waals surface area (Å²) in [6.45, 7) is 4.70. The van der Waals surface area contributed by atoms with E-state index in [0.717, 1.165) is 60.6 Å². The van der Waals surface area contributed by atoms with Gasteiger partial charge in [-0.05, 0) is 42.0 Å². The van der Waals surface area contributed by atoms with Crippen LogP contribution >= 0.6 is 0 Å². The standard InChI is InChI=1S/C27H27N5O3/c1-33-25-5-2-19(15-26(25)35-13-10-32-8-11-34-12-9-32)23-18-29-17-21(16-28)27(23)31-22-3-4-24-20(14-22)6-7-30-24/h2-7,14-15,17-18,30H,8-13H2,1H3,(H,29,31).